The second-order valence-electron chi connectivity index (χ2n) is 3.95. The van der Waals surface area contributed by atoms with Crippen LogP contribution in [0.2, 0.25) is 0 Å². The van der Waals surface area contributed by atoms with Gasteiger partial charge in [0, 0.05) is 12.6 Å². The van der Waals surface area contributed by atoms with E-state index in [-0.39, 0.29) is 5.56 Å². The summed E-state index contributed by atoms with van der Waals surface area (Å²) in [6.07, 6.45) is 1.80. The normalized spacial score (nSPS) is 10.6. The molecule has 0 bridgehead atoms. The second kappa shape index (κ2) is 4.39. The minimum Gasteiger partial charge on any atom is -0.295 e. The highest BCUT2D eigenvalue weighted by atomic mass is 16.1. The summed E-state index contributed by atoms with van der Waals surface area (Å²) in [5.74, 6) is 0. The molecule has 1 aromatic carbocycles. The molecule has 2 aromatic rings. The van der Waals surface area contributed by atoms with Gasteiger partial charge in [-0.25, -0.2) is 0 Å². The zero-order valence-electron chi connectivity index (χ0n) is 9.66. The van der Waals surface area contributed by atoms with E-state index in [0.29, 0.717) is 0 Å². The van der Waals surface area contributed by atoms with Crippen molar-refractivity contribution in [3.05, 3.63) is 46.2 Å². The van der Waals surface area contributed by atoms with Crippen LogP contribution in [0.15, 0.2) is 35.1 Å². The van der Waals surface area contributed by atoms with E-state index in [2.05, 4.69) is 12.0 Å². The van der Waals surface area contributed by atoms with Crippen molar-refractivity contribution in [2.45, 2.75) is 19.8 Å². The second-order valence-corrected chi connectivity index (χ2v) is 3.95. The van der Waals surface area contributed by atoms with Crippen molar-refractivity contribution in [3.8, 4) is 11.3 Å². The standard InChI is InChI=1S/C13H16N2O/c1-3-7-11-12(14-15(2)13(11)16)10-8-5-4-6-9-10/h4-6,8-9,14H,3,7H2,1-2H3. The largest absolute Gasteiger partial charge is 0.295 e. The zero-order chi connectivity index (χ0) is 11.5. The summed E-state index contributed by atoms with van der Waals surface area (Å²) < 4.78 is 1.55. The first-order valence-electron chi connectivity index (χ1n) is 5.57. The van der Waals surface area contributed by atoms with E-state index in [1.54, 1.807) is 11.7 Å². The summed E-state index contributed by atoms with van der Waals surface area (Å²) in [5.41, 5.74) is 3.00. The molecule has 0 amide bonds. The molecule has 0 radical (unpaired) electrons. The van der Waals surface area contributed by atoms with Gasteiger partial charge >= 0.3 is 0 Å². The van der Waals surface area contributed by atoms with Crippen LogP contribution in [-0.4, -0.2) is 9.78 Å². The van der Waals surface area contributed by atoms with E-state index >= 15 is 0 Å². The molecule has 1 aromatic heterocycles. The molecule has 0 unspecified atom stereocenters. The Kier molecular flexibility index (Phi) is 2.95. The summed E-state index contributed by atoms with van der Waals surface area (Å²) in [4.78, 5) is 11.9. The Morgan fingerprint density at radius 3 is 2.56 bits per heavy atom. The van der Waals surface area contributed by atoms with Gasteiger partial charge in [-0.3, -0.25) is 14.6 Å². The molecule has 16 heavy (non-hydrogen) atoms. The minimum atomic E-state index is 0.0840. The zero-order valence-corrected chi connectivity index (χ0v) is 9.66. The SMILES string of the molecule is CCCc1c(-c2ccccc2)[nH]n(C)c1=O. The van der Waals surface area contributed by atoms with Gasteiger partial charge in [-0.05, 0) is 12.0 Å². The maximum Gasteiger partial charge on any atom is 0.270 e. The van der Waals surface area contributed by atoms with E-state index in [1.807, 2.05) is 30.3 Å². The fourth-order valence-electron chi connectivity index (χ4n) is 1.92. The van der Waals surface area contributed by atoms with E-state index in [4.69, 9.17) is 0 Å². The maximum absolute atomic E-state index is 11.9. The van der Waals surface area contributed by atoms with Gasteiger partial charge < -0.3 is 0 Å². The summed E-state index contributed by atoms with van der Waals surface area (Å²) in [7, 11) is 1.76. The molecule has 2 rings (SSSR count). The van der Waals surface area contributed by atoms with E-state index < -0.39 is 0 Å². The Bertz CT molecular complexity index is 523. The number of aromatic nitrogens is 2. The average Bonchev–Trinajstić information content (AvgIpc) is 2.59. The van der Waals surface area contributed by atoms with Gasteiger partial charge in [0.1, 0.15) is 0 Å². The van der Waals surface area contributed by atoms with Gasteiger partial charge in [-0.1, -0.05) is 43.7 Å². The van der Waals surface area contributed by atoms with Crippen molar-refractivity contribution in [2.75, 3.05) is 0 Å². The van der Waals surface area contributed by atoms with Crippen LogP contribution in [0.3, 0.4) is 0 Å². The van der Waals surface area contributed by atoms with Crippen molar-refractivity contribution >= 4 is 0 Å². The smallest absolute Gasteiger partial charge is 0.270 e. The van der Waals surface area contributed by atoms with Crippen molar-refractivity contribution in [1.82, 2.24) is 9.78 Å². The van der Waals surface area contributed by atoms with Crippen LogP contribution in [0, 0.1) is 0 Å². The number of nitrogens with one attached hydrogen (secondary N) is 1. The lowest BCUT2D eigenvalue weighted by molar-refractivity contribution is 0.738. The molecule has 0 aliphatic carbocycles. The highest BCUT2D eigenvalue weighted by Crippen LogP contribution is 2.19. The molecular formula is C13H16N2O. The first kappa shape index (κ1) is 10.7. The van der Waals surface area contributed by atoms with Crippen LogP contribution in [0.5, 0.6) is 0 Å². The molecule has 3 heteroatoms. The molecule has 0 atom stereocenters. The average molecular weight is 216 g/mol. The lowest BCUT2D eigenvalue weighted by Crippen LogP contribution is -2.15. The fraction of sp³-hybridized carbons (Fsp3) is 0.308. The third kappa shape index (κ3) is 1.81. The van der Waals surface area contributed by atoms with E-state index in [9.17, 15) is 4.79 Å². The Morgan fingerprint density at radius 1 is 1.25 bits per heavy atom. The maximum atomic E-state index is 11.9. The number of aryl methyl sites for hydroxylation is 1. The molecule has 1 N–H and O–H groups in total. The number of benzene rings is 1. The molecular weight excluding hydrogens is 200 g/mol. The van der Waals surface area contributed by atoms with Gasteiger partial charge in [0.05, 0.1) is 5.69 Å². The molecule has 0 aliphatic heterocycles. The van der Waals surface area contributed by atoms with Crippen molar-refractivity contribution in [1.29, 1.82) is 0 Å². The van der Waals surface area contributed by atoms with Gasteiger partial charge in [-0.2, -0.15) is 0 Å². The fourth-order valence-corrected chi connectivity index (χ4v) is 1.92. The number of aromatic amines is 1. The highest BCUT2D eigenvalue weighted by Gasteiger charge is 2.12. The third-order valence-corrected chi connectivity index (χ3v) is 2.71. The molecule has 0 fully saturated rings. The van der Waals surface area contributed by atoms with Gasteiger partial charge in [-0.15, -0.1) is 0 Å². The van der Waals surface area contributed by atoms with Crippen LogP contribution >= 0.6 is 0 Å². The summed E-state index contributed by atoms with van der Waals surface area (Å²) >= 11 is 0. The predicted octanol–water partition coefficient (Wildman–Crippen LogP) is 2.33. The van der Waals surface area contributed by atoms with E-state index in [1.165, 1.54) is 0 Å². The molecule has 0 spiro atoms. The lowest BCUT2D eigenvalue weighted by atomic mass is 10.1. The minimum absolute atomic E-state index is 0.0840. The predicted molar refractivity (Wildman–Crippen MR) is 65.5 cm³/mol. The number of hydrogen-bond donors (Lipinski definition) is 1. The Morgan fingerprint density at radius 2 is 1.94 bits per heavy atom. The number of rotatable bonds is 3. The van der Waals surface area contributed by atoms with Gasteiger partial charge in [0.25, 0.3) is 5.56 Å². The molecule has 0 aliphatic rings. The molecule has 0 saturated heterocycles. The molecule has 0 saturated carbocycles. The van der Waals surface area contributed by atoms with Gasteiger partial charge in [0.15, 0.2) is 0 Å². The lowest BCUT2D eigenvalue weighted by Gasteiger charge is -2.00. The van der Waals surface area contributed by atoms with Gasteiger partial charge in [0.2, 0.25) is 0 Å². The van der Waals surface area contributed by atoms with Crippen LogP contribution < -0.4 is 5.56 Å². The topological polar surface area (TPSA) is 37.8 Å². The van der Waals surface area contributed by atoms with Crippen molar-refractivity contribution in [2.24, 2.45) is 7.05 Å². The van der Waals surface area contributed by atoms with Crippen LogP contribution in [-0.2, 0) is 13.5 Å². The molecule has 84 valence electrons. The van der Waals surface area contributed by atoms with E-state index in [0.717, 1.165) is 29.7 Å². The van der Waals surface area contributed by atoms with Crippen LogP contribution in [0.1, 0.15) is 18.9 Å². The van der Waals surface area contributed by atoms with Crippen molar-refractivity contribution in [3.63, 3.8) is 0 Å². The number of nitrogens with zero attached hydrogens (tertiary/aromatic N) is 1. The quantitative estimate of drug-likeness (QED) is 0.840. The first-order valence-corrected chi connectivity index (χ1v) is 5.57. The molecule has 1 heterocycles. The number of H-pyrrole nitrogens is 1. The Labute approximate surface area is 94.7 Å². The first-order chi connectivity index (χ1) is 7.74. The monoisotopic (exact) mass is 216 g/mol. The van der Waals surface area contributed by atoms with Crippen molar-refractivity contribution < 1.29 is 0 Å². The Hall–Kier alpha value is -1.77. The summed E-state index contributed by atoms with van der Waals surface area (Å²) in [6, 6.07) is 9.98. The Balaban J connectivity index is 2.57. The highest BCUT2D eigenvalue weighted by molar-refractivity contribution is 5.62. The summed E-state index contributed by atoms with van der Waals surface area (Å²) in [6.45, 7) is 2.08. The third-order valence-electron chi connectivity index (χ3n) is 2.71. The van der Waals surface area contributed by atoms with Crippen LogP contribution in [0.25, 0.3) is 11.3 Å². The number of hydrogen-bond acceptors (Lipinski definition) is 1. The summed E-state index contributed by atoms with van der Waals surface area (Å²) in [5, 5.41) is 3.12. The van der Waals surface area contributed by atoms with Crippen LogP contribution in [0.4, 0.5) is 0 Å². The molecule has 3 nitrogen and oxygen atoms in total.